The molecule has 0 amide bonds. The Balaban J connectivity index is 2.14. The van der Waals surface area contributed by atoms with Gasteiger partial charge in [-0.05, 0) is 23.9 Å². The summed E-state index contributed by atoms with van der Waals surface area (Å²) < 4.78 is 1.29. The molecule has 0 fully saturated rings. The van der Waals surface area contributed by atoms with E-state index in [1.54, 1.807) is 11.3 Å². The molecule has 0 aliphatic heterocycles. The number of thiophene rings is 1. The molecule has 0 saturated heterocycles. The molecule has 3 aromatic rings. The zero-order valence-corrected chi connectivity index (χ0v) is 11.1. The van der Waals surface area contributed by atoms with Crippen molar-refractivity contribution < 1.29 is 0 Å². The minimum absolute atomic E-state index is 0.629. The minimum Gasteiger partial charge on any atom is -0.382 e. The number of H-pyrrole nitrogens is 1. The highest BCUT2D eigenvalue weighted by molar-refractivity contribution is 7.22. The van der Waals surface area contributed by atoms with Crippen LogP contribution in [0.2, 0.25) is 0 Å². The molecule has 0 bridgehead atoms. The third kappa shape index (κ3) is 1.78. The largest absolute Gasteiger partial charge is 0.382 e. The van der Waals surface area contributed by atoms with Crippen LogP contribution < -0.4 is 5.73 Å². The van der Waals surface area contributed by atoms with E-state index >= 15 is 0 Å². The number of rotatable bonds is 3. The van der Waals surface area contributed by atoms with E-state index in [0.717, 1.165) is 24.1 Å². The van der Waals surface area contributed by atoms with E-state index in [4.69, 9.17) is 5.73 Å². The molecule has 0 saturated carbocycles. The van der Waals surface area contributed by atoms with E-state index in [1.807, 2.05) is 0 Å². The Bertz CT molecular complexity index is 648. The highest BCUT2D eigenvalue weighted by atomic mass is 32.1. The minimum atomic E-state index is 0.629. The molecule has 0 aliphatic carbocycles. The lowest BCUT2D eigenvalue weighted by Crippen LogP contribution is -1.91. The molecule has 2 aromatic heterocycles. The molecule has 3 N–H and O–H groups in total. The summed E-state index contributed by atoms with van der Waals surface area (Å²) in [6, 6.07) is 10.6. The summed E-state index contributed by atoms with van der Waals surface area (Å²) in [5.41, 5.74) is 8.14. The molecule has 18 heavy (non-hydrogen) atoms. The second-order valence-corrected chi connectivity index (χ2v) is 5.44. The monoisotopic (exact) mass is 257 g/mol. The van der Waals surface area contributed by atoms with Gasteiger partial charge in [0.2, 0.25) is 0 Å². The Morgan fingerprint density at radius 1 is 1.33 bits per heavy atom. The van der Waals surface area contributed by atoms with Crippen molar-refractivity contribution in [1.29, 1.82) is 0 Å². The number of nitrogens with two attached hydrogens (primary N) is 1. The lowest BCUT2D eigenvalue weighted by molar-refractivity contribution is 0.927. The summed E-state index contributed by atoms with van der Waals surface area (Å²) in [7, 11) is 0. The summed E-state index contributed by atoms with van der Waals surface area (Å²) in [5, 5.41) is 8.48. The molecular formula is C14H15N3S. The lowest BCUT2D eigenvalue weighted by Gasteiger charge is -1.99. The number of anilines is 1. The van der Waals surface area contributed by atoms with Gasteiger partial charge in [-0.25, -0.2) is 0 Å². The van der Waals surface area contributed by atoms with Gasteiger partial charge in [0.1, 0.15) is 5.82 Å². The van der Waals surface area contributed by atoms with Crippen molar-refractivity contribution >= 4 is 27.2 Å². The van der Waals surface area contributed by atoms with Gasteiger partial charge in [0.05, 0.1) is 10.6 Å². The van der Waals surface area contributed by atoms with Crippen LogP contribution in [0.4, 0.5) is 5.82 Å². The zero-order chi connectivity index (χ0) is 12.5. The average molecular weight is 257 g/mol. The zero-order valence-electron chi connectivity index (χ0n) is 10.2. The van der Waals surface area contributed by atoms with Crippen LogP contribution in [0.15, 0.2) is 30.3 Å². The van der Waals surface area contributed by atoms with Crippen LogP contribution in [0.25, 0.3) is 20.7 Å². The third-order valence-electron chi connectivity index (χ3n) is 3.07. The highest BCUT2D eigenvalue weighted by Crippen LogP contribution is 2.35. The van der Waals surface area contributed by atoms with E-state index in [1.165, 1.54) is 15.0 Å². The van der Waals surface area contributed by atoms with Crippen molar-refractivity contribution in [3.63, 3.8) is 0 Å². The highest BCUT2D eigenvalue weighted by Gasteiger charge is 2.13. The average Bonchev–Trinajstić information content (AvgIpc) is 2.94. The van der Waals surface area contributed by atoms with Crippen LogP contribution in [0.1, 0.15) is 18.9 Å². The molecule has 4 heteroatoms. The smallest absolute Gasteiger partial charge is 0.149 e. The Kier molecular flexibility index (Phi) is 2.80. The van der Waals surface area contributed by atoms with Crippen molar-refractivity contribution in [1.82, 2.24) is 10.2 Å². The van der Waals surface area contributed by atoms with Crippen LogP contribution in [-0.2, 0) is 6.42 Å². The van der Waals surface area contributed by atoms with Crippen LogP contribution >= 0.6 is 11.3 Å². The van der Waals surface area contributed by atoms with E-state index in [9.17, 15) is 0 Å². The van der Waals surface area contributed by atoms with Crippen LogP contribution in [0.3, 0.4) is 0 Å². The van der Waals surface area contributed by atoms with E-state index in [0.29, 0.717) is 5.82 Å². The van der Waals surface area contributed by atoms with E-state index in [-0.39, 0.29) is 0 Å². The molecule has 0 radical (unpaired) electrons. The Labute approximate surface area is 110 Å². The number of aromatic nitrogens is 2. The first-order valence-corrected chi connectivity index (χ1v) is 6.93. The Morgan fingerprint density at radius 2 is 2.17 bits per heavy atom. The maximum atomic E-state index is 5.92. The Hall–Kier alpha value is -1.81. The molecule has 92 valence electrons. The molecule has 2 heterocycles. The van der Waals surface area contributed by atoms with Crippen molar-refractivity contribution in [2.24, 2.45) is 0 Å². The molecule has 3 nitrogen and oxygen atoms in total. The number of hydrogen-bond donors (Lipinski definition) is 2. The van der Waals surface area contributed by atoms with Crippen LogP contribution in [-0.4, -0.2) is 10.2 Å². The van der Waals surface area contributed by atoms with Gasteiger partial charge >= 0.3 is 0 Å². The number of fused-ring (bicyclic) bond motifs is 1. The Morgan fingerprint density at radius 3 is 2.94 bits per heavy atom. The normalized spacial score (nSPS) is 11.2. The fourth-order valence-electron chi connectivity index (χ4n) is 2.19. The fourth-order valence-corrected chi connectivity index (χ4v) is 3.28. The number of nitrogen functional groups attached to an aromatic ring is 1. The van der Waals surface area contributed by atoms with Gasteiger partial charge in [-0.1, -0.05) is 31.5 Å². The number of hydrogen-bond acceptors (Lipinski definition) is 3. The first kappa shape index (κ1) is 11.3. The van der Waals surface area contributed by atoms with Gasteiger partial charge in [0.25, 0.3) is 0 Å². The standard InChI is InChI=1S/C14H15N3S/c1-2-5-10-13(16-17-14(10)15)12-8-9-6-3-4-7-11(9)18-12/h3-4,6-8H,2,5H2,1H3,(H3,15,16,17). The lowest BCUT2D eigenvalue weighted by atomic mass is 10.1. The van der Waals surface area contributed by atoms with Crippen molar-refractivity contribution in [2.45, 2.75) is 19.8 Å². The number of benzene rings is 1. The van der Waals surface area contributed by atoms with Crippen molar-refractivity contribution in [3.05, 3.63) is 35.9 Å². The van der Waals surface area contributed by atoms with E-state index in [2.05, 4.69) is 47.5 Å². The molecule has 0 atom stereocenters. The topological polar surface area (TPSA) is 54.7 Å². The number of aromatic amines is 1. The van der Waals surface area contributed by atoms with Crippen LogP contribution in [0, 0.1) is 0 Å². The van der Waals surface area contributed by atoms with Gasteiger partial charge in [-0.15, -0.1) is 11.3 Å². The maximum absolute atomic E-state index is 5.92. The summed E-state index contributed by atoms with van der Waals surface area (Å²) in [6.07, 6.45) is 2.04. The van der Waals surface area contributed by atoms with Gasteiger partial charge in [-0.3, -0.25) is 5.10 Å². The van der Waals surface area contributed by atoms with Crippen LogP contribution in [0.5, 0.6) is 0 Å². The molecule has 3 rings (SSSR count). The van der Waals surface area contributed by atoms with Crippen molar-refractivity contribution in [3.8, 4) is 10.6 Å². The van der Waals surface area contributed by atoms with Gasteiger partial charge in [0.15, 0.2) is 0 Å². The second kappa shape index (κ2) is 4.46. The SMILES string of the molecule is CCCc1c(N)n[nH]c1-c1cc2ccccc2s1. The summed E-state index contributed by atoms with van der Waals surface area (Å²) in [4.78, 5) is 1.21. The van der Waals surface area contributed by atoms with Gasteiger partial charge in [0, 0.05) is 10.3 Å². The quantitative estimate of drug-likeness (QED) is 0.749. The van der Waals surface area contributed by atoms with Gasteiger partial charge < -0.3 is 5.73 Å². The number of nitrogens with one attached hydrogen (secondary N) is 1. The second-order valence-electron chi connectivity index (χ2n) is 4.36. The predicted molar refractivity (Wildman–Crippen MR) is 77.8 cm³/mol. The summed E-state index contributed by atoms with van der Waals surface area (Å²) >= 11 is 1.78. The van der Waals surface area contributed by atoms with Crippen molar-refractivity contribution in [2.75, 3.05) is 5.73 Å². The predicted octanol–water partition coefficient (Wildman–Crippen LogP) is 3.83. The van der Waals surface area contributed by atoms with E-state index < -0.39 is 0 Å². The maximum Gasteiger partial charge on any atom is 0.149 e. The summed E-state index contributed by atoms with van der Waals surface area (Å²) in [6.45, 7) is 2.15. The number of nitrogens with zero attached hydrogens (tertiary/aromatic N) is 1. The molecule has 1 aromatic carbocycles. The molecule has 0 unspecified atom stereocenters. The molecular weight excluding hydrogens is 242 g/mol. The molecule has 0 spiro atoms. The third-order valence-corrected chi connectivity index (χ3v) is 4.20. The fraction of sp³-hybridized carbons (Fsp3) is 0.214. The first-order chi connectivity index (χ1) is 8.79. The summed E-state index contributed by atoms with van der Waals surface area (Å²) in [5.74, 6) is 0.629. The van der Waals surface area contributed by atoms with Gasteiger partial charge in [-0.2, -0.15) is 5.10 Å². The first-order valence-electron chi connectivity index (χ1n) is 6.11. The molecule has 0 aliphatic rings.